The highest BCUT2D eigenvalue weighted by molar-refractivity contribution is 4.49. The monoisotopic (exact) mass is 120 g/mol. The van der Waals surface area contributed by atoms with Crippen molar-refractivity contribution >= 4 is 0 Å². The number of nitrogens with zero attached hydrogens (tertiary/aromatic N) is 1. The van der Waals surface area contributed by atoms with Gasteiger partial charge in [0.1, 0.15) is 0 Å². The second-order valence-electron chi connectivity index (χ2n) is 1.76. The van der Waals surface area contributed by atoms with E-state index in [-0.39, 0.29) is 0 Å². The third kappa shape index (κ3) is 1.75. The summed E-state index contributed by atoms with van der Waals surface area (Å²) in [7, 11) is 4.56. The average molecular weight is 120 g/mol. The molecule has 0 bridgehead atoms. The highest BCUT2D eigenvalue weighted by Crippen LogP contribution is 1.96. The van der Waals surface area contributed by atoms with Crippen molar-refractivity contribution in [2.75, 3.05) is 21.2 Å². The maximum Gasteiger partial charge on any atom is 0.288 e. The van der Waals surface area contributed by atoms with Crippen molar-refractivity contribution in [1.29, 1.82) is 0 Å². The second kappa shape index (κ2) is 2.41. The molecule has 1 atom stereocenters. The Hall–Kier alpha value is -0.160. The van der Waals surface area contributed by atoms with Crippen molar-refractivity contribution in [3.63, 3.8) is 0 Å². The van der Waals surface area contributed by atoms with Crippen LogP contribution in [0.2, 0.25) is 0 Å². The van der Waals surface area contributed by atoms with Crippen molar-refractivity contribution in [3.8, 4) is 0 Å². The molecule has 0 aromatic carbocycles. The maximum atomic E-state index is 8.88. The van der Waals surface area contributed by atoms with Crippen molar-refractivity contribution in [2.45, 2.75) is 6.03 Å². The van der Waals surface area contributed by atoms with E-state index < -0.39 is 6.03 Å². The number of aliphatic hydroxyl groups is 1. The van der Waals surface area contributed by atoms with E-state index in [9.17, 15) is 0 Å². The molecule has 4 heteroatoms. The Bertz CT molecular complexity index is 72.4. The number of nitrogens with two attached hydrogens (primary N) is 1. The first kappa shape index (κ1) is 7.84. The largest absolute Gasteiger partial charge is 0.341 e. The van der Waals surface area contributed by atoms with Gasteiger partial charge in [0.25, 0.3) is 6.03 Å². The fourth-order valence-corrected chi connectivity index (χ4v) is 0.183. The lowest BCUT2D eigenvalue weighted by Crippen LogP contribution is -2.53. The number of hydrogen-bond donors (Lipinski definition) is 2. The summed E-state index contributed by atoms with van der Waals surface area (Å²) in [5.74, 6) is 0. The second-order valence-corrected chi connectivity index (χ2v) is 1.76. The highest BCUT2D eigenvalue weighted by atomic mass is 16.7. The molecule has 3 N–H and O–H groups in total. The van der Waals surface area contributed by atoms with Gasteiger partial charge < -0.3 is 9.84 Å². The first-order valence-electron chi connectivity index (χ1n) is 2.24. The Morgan fingerprint density at radius 1 is 1.62 bits per heavy atom. The lowest BCUT2D eigenvalue weighted by Gasteiger charge is -2.27. The molecule has 0 rings (SSSR count). The molecular weight excluding hydrogens is 108 g/mol. The lowest BCUT2D eigenvalue weighted by molar-refractivity contribution is -0.262. The van der Waals surface area contributed by atoms with Crippen LogP contribution in [0.3, 0.4) is 0 Å². The zero-order chi connectivity index (χ0) is 6.78. The third-order valence-electron chi connectivity index (χ3n) is 0.941. The summed E-state index contributed by atoms with van der Waals surface area (Å²) in [6, 6.07) is -1.63. The molecule has 1 unspecified atom stereocenters. The van der Waals surface area contributed by atoms with Crippen LogP contribution < -0.4 is 5.73 Å². The predicted molar refractivity (Wildman–Crippen MR) is 29.8 cm³/mol. The van der Waals surface area contributed by atoms with Crippen LogP contribution in [0.25, 0.3) is 0 Å². The van der Waals surface area contributed by atoms with Crippen LogP contribution in [0, 0.1) is 0 Å². The molecule has 8 heavy (non-hydrogen) atoms. The van der Waals surface area contributed by atoms with E-state index >= 15 is 0 Å². The highest BCUT2D eigenvalue weighted by Gasteiger charge is 2.21. The fraction of sp³-hybridized carbons (Fsp3) is 1.00. The van der Waals surface area contributed by atoms with E-state index in [0.29, 0.717) is 0 Å². The zero-order valence-corrected chi connectivity index (χ0v) is 5.38. The standard InChI is InChI=1S/C4H12N2O2/c1-6(2)4(5,7)8-3/h7H,5H2,1-3H3. The molecule has 4 nitrogen and oxygen atoms in total. The Morgan fingerprint density at radius 2 is 2.00 bits per heavy atom. The quantitative estimate of drug-likeness (QED) is 0.447. The summed E-state index contributed by atoms with van der Waals surface area (Å²) in [4.78, 5) is 1.35. The Morgan fingerprint density at radius 3 is 2.00 bits per heavy atom. The Balaban J connectivity index is 3.71. The normalized spacial score (nSPS) is 18.8. The van der Waals surface area contributed by atoms with Gasteiger partial charge >= 0.3 is 0 Å². The molecule has 0 amide bonds. The minimum Gasteiger partial charge on any atom is -0.341 e. The summed E-state index contributed by atoms with van der Waals surface area (Å²) in [6.07, 6.45) is 0. The summed E-state index contributed by atoms with van der Waals surface area (Å²) >= 11 is 0. The van der Waals surface area contributed by atoms with Gasteiger partial charge in [0.05, 0.1) is 0 Å². The van der Waals surface area contributed by atoms with E-state index in [0.717, 1.165) is 0 Å². The molecule has 0 aromatic rings. The van der Waals surface area contributed by atoms with E-state index in [4.69, 9.17) is 10.8 Å². The van der Waals surface area contributed by atoms with Crippen molar-refractivity contribution in [1.82, 2.24) is 4.90 Å². The number of hydrogen-bond acceptors (Lipinski definition) is 4. The molecule has 0 aliphatic heterocycles. The van der Waals surface area contributed by atoms with Crippen molar-refractivity contribution < 1.29 is 9.84 Å². The van der Waals surface area contributed by atoms with Crippen LogP contribution in [-0.2, 0) is 4.74 Å². The van der Waals surface area contributed by atoms with Crippen molar-refractivity contribution in [3.05, 3.63) is 0 Å². The van der Waals surface area contributed by atoms with Gasteiger partial charge in [-0.05, 0) is 14.1 Å². The molecule has 0 spiro atoms. The molecule has 0 saturated carbocycles. The first-order chi connectivity index (χ1) is 3.50. The number of methoxy groups -OCH3 is 1. The SMILES string of the molecule is COC(N)(O)N(C)C. The molecule has 0 fully saturated rings. The minimum atomic E-state index is -1.63. The fourth-order valence-electron chi connectivity index (χ4n) is 0.183. The Kier molecular flexibility index (Phi) is 2.36. The predicted octanol–water partition coefficient (Wildman–Crippen LogP) is -1.24. The maximum absolute atomic E-state index is 8.88. The molecule has 50 valence electrons. The van der Waals surface area contributed by atoms with Crippen LogP contribution in [0.15, 0.2) is 0 Å². The van der Waals surface area contributed by atoms with E-state index in [1.54, 1.807) is 14.1 Å². The molecule has 0 aliphatic rings. The van der Waals surface area contributed by atoms with Crippen LogP contribution in [0.1, 0.15) is 0 Å². The van der Waals surface area contributed by atoms with Gasteiger partial charge in [0, 0.05) is 7.11 Å². The lowest BCUT2D eigenvalue weighted by atomic mass is 10.7. The third-order valence-corrected chi connectivity index (χ3v) is 0.941. The van der Waals surface area contributed by atoms with E-state index in [2.05, 4.69) is 4.74 Å². The zero-order valence-electron chi connectivity index (χ0n) is 5.38. The molecule has 0 saturated heterocycles. The van der Waals surface area contributed by atoms with Crippen molar-refractivity contribution in [2.24, 2.45) is 5.73 Å². The van der Waals surface area contributed by atoms with Gasteiger partial charge in [-0.2, -0.15) is 0 Å². The molecule has 0 radical (unpaired) electrons. The van der Waals surface area contributed by atoms with Gasteiger partial charge in [-0.25, -0.2) is 4.90 Å². The minimum absolute atomic E-state index is 1.33. The summed E-state index contributed by atoms with van der Waals surface area (Å²) in [5, 5.41) is 8.88. The summed E-state index contributed by atoms with van der Waals surface area (Å²) < 4.78 is 4.46. The summed E-state index contributed by atoms with van der Waals surface area (Å²) in [5.41, 5.74) is 5.12. The van der Waals surface area contributed by atoms with Gasteiger partial charge in [-0.15, -0.1) is 0 Å². The molecular formula is C4H12N2O2. The number of rotatable bonds is 2. The average Bonchev–Trinajstić information content (AvgIpc) is 1.67. The van der Waals surface area contributed by atoms with Crippen LogP contribution in [0.5, 0.6) is 0 Å². The van der Waals surface area contributed by atoms with Crippen LogP contribution in [0.4, 0.5) is 0 Å². The van der Waals surface area contributed by atoms with E-state index in [1.807, 2.05) is 0 Å². The van der Waals surface area contributed by atoms with Crippen LogP contribution in [-0.4, -0.2) is 37.2 Å². The van der Waals surface area contributed by atoms with Gasteiger partial charge in [-0.3, -0.25) is 5.73 Å². The molecule has 0 aromatic heterocycles. The van der Waals surface area contributed by atoms with Gasteiger partial charge in [0.2, 0.25) is 0 Å². The molecule has 0 heterocycles. The van der Waals surface area contributed by atoms with Gasteiger partial charge in [0.15, 0.2) is 0 Å². The number of ether oxygens (including phenoxy) is 1. The topological polar surface area (TPSA) is 58.7 Å². The first-order valence-corrected chi connectivity index (χ1v) is 2.24. The van der Waals surface area contributed by atoms with Gasteiger partial charge in [-0.1, -0.05) is 0 Å². The smallest absolute Gasteiger partial charge is 0.288 e. The Labute approximate surface area is 48.8 Å². The summed E-state index contributed by atoms with van der Waals surface area (Å²) in [6.45, 7) is 0. The molecule has 0 aliphatic carbocycles. The van der Waals surface area contributed by atoms with E-state index in [1.165, 1.54) is 12.0 Å². The van der Waals surface area contributed by atoms with Crippen LogP contribution >= 0.6 is 0 Å².